The number of hydrogen-bond acceptors (Lipinski definition) is 2. The quantitative estimate of drug-likeness (QED) is 0.527. The summed E-state index contributed by atoms with van der Waals surface area (Å²) in [5.41, 5.74) is 1.83. The highest BCUT2D eigenvalue weighted by Gasteiger charge is 2.22. The third-order valence-electron chi connectivity index (χ3n) is 3.60. The Morgan fingerprint density at radius 3 is 2.36 bits per heavy atom. The van der Waals surface area contributed by atoms with Crippen molar-refractivity contribution in [1.82, 2.24) is 4.31 Å². The predicted octanol–water partition coefficient (Wildman–Crippen LogP) is 5.05. The molecule has 22 heavy (non-hydrogen) atoms. The molecule has 5 heteroatoms. The van der Waals surface area contributed by atoms with E-state index < -0.39 is 10.0 Å². The Morgan fingerprint density at radius 2 is 1.82 bits per heavy atom. The second kappa shape index (κ2) is 10.1. The SMILES string of the molecule is CCCCCC/C(=C\Br)N(Cc1ccccc1)S(=O)(=O)CC. The van der Waals surface area contributed by atoms with Gasteiger partial charge in [0.15, 0.2) is 0 Å². The minimum Gasteiger partial charge on any atom is -0.269 e. The summed E-state index contributed by atoms with van der Waals surface area (Å²) in [5, 5.41) is 0. The van der Waals surface area contributed by atoms with Crippen LogP contribution in [0.3, 0.4) is 0 Å². The van der Waals surface area contributed by atoms with E-state index in [1.165, 1.54) is 12.8 Å². The van der Waals surface area contributed by atoms with Crippen LogP contribution < -0.4 is 0 Å². The molecule has 0 radical (unpaired) electrons. The van der Waals surface area contributed by atoms with Crippen LogP contribution in [-0.4, -0.2) is 18.5 Å². The zero-order valence-electron chi connectivity index (χ0n) is 13.5. The minimum absolute atomic E-state index is 0.110. The molecule has 0 saturated carbocycles. The van der Waals surface area contributed by atoms with Crippen LogP contribution in [-0.2, 0) is 16.6 Å². The Labute approximate surface area is 143 Å². The van der Waals surface area contributed by atoms with Crippen molar-refractivity contribution in [2.75, 3.05) is 5.75 Å². The molecule has 0 saturated heterocycles. The van der Waals surface area contributed by atoms with Gasteiger partial charge in [-0.1, -0.05) is 72.4 Å². The third kappa shape index (κ3) is 6.13. The summed E-state index contributed by atoms with van der Waals surface area (Å²) in [4.78, 5) is 1.76. The molecule has 0 atom stereocenters. The summed E-state index contributed by atoms with van der Waals surface area (Å²) in [7, 11) is -3.28. The molecule has 0 bridgehead atoms. The molecule has 0 heterocycles. The van der Waals surface area contributed by atoms with Crippen molar-refractivity contribution in [2.45, 2.75) is 52.5 Å². The molecule has 1 rings (SSSR count). The van der Waals surface area contributed by atoms with E-state index in [9.17, 15) is 8.42 Å². The highest BCUT2D eigenvalue weighted by molar-refractivity contribution is 9.11. The number of hydrogen-bond donors (Lipinski definition) is 0. The maximum Gasteiger partial charge on any atom is 0.234 e. The normalized spacial score (nSPS) is 12.4. The molecule has 0 unspecified atom stereocenters. The van der Waals surface area contributed by atoms with Gasteiger partial charge < -0.3 is 0 Å². The maximum absolute atomic E-state index is 12.5. The summed E-state index contributed by atoms with van der Waals surface area (Å²) in [6, 6.07) is 9.73. The van der Waals surface area contributed by atoms with Gasteiger partial charge in [-0.3, -0.25) is 4.31 Å². The van der Waals surface area contributed by atoms with E-state index in [0.717, 1.165) is 30.5 Å². The Hall–Kier alpha value is -0.810. The van der Waals surface area contributed by atoms with E-state index in [-0.39, 0.29) is 5.75 Å². The molecule has 3 nitrogen and oxygen atoms in total. The van der Waals surface area contributed by atoms with Gasteiger partial charge in [0.2, 0.25) is 10.0 Å². The van der Waals surface area contributed by atoms with Gasteiger partial charge in [-0.15, -0.1) is 0 Å². The average Bonchev–Trinajstić information content (AvgIpc) is 2.54. The van der Waals surface area contributed by atoms with E-state index in [1.54, 1.807) is 16.2 Å². The monoisotopic (exact) mass is 387 g/mol. The zero-order valence-corrected chi connectivity index (χ0v) is 15.9. The van der Waals surface area contributed by atoms with Crippen LogP contribution in [0.15, 0.2) is 41.0 Å². The zero-order chi connectivity index (χ0) is 16.4. The number of unbranched alkanes of at least 4 members (excludes halogenated alkanes) is 3. The molecule has 0 aliphatic heterocycles. The first kappa shape index (κ1) is 19.2. The minimum atomic E-state index is -3.28. The van der Waals surface area contributed by atoms with Gasteiger partial charge in [0.25, 0.3) is 0 Å². The van der Waals surface area contributed by atoms with Gasteiger partial charge in [-0.2, -0.15) is 0 Å². The van der Waals surface area contributed by atoms with Crippen molar-refractivity contribution in [3.8, 4) is 0 Å². The highest BCUT2D eigenvalue weighted by Crippen LogP contribution is 2.23. The van der Waals surface area contributed by atoms with Crippen LogP contribution in [0.5, 0.6) is 0 Å². The van der Waals surface area contributed by atoms with E-state index in [2.05, 4.69) is 22.9 Å². The first-order chi connectivity index (χ1) is 10.5. The van der Waals surface area contributed by atoms with Gasteiger partial charge in [0.05, 0.1) is 12.3 Å². The van der Waals surface area contributed by atoms with Crippen LogP contribution in [0.25, 0.3) is 0 Å². The van der Waals surface area contributed by atoms with Crippen molar-refractivity contribution in [3.63, 3.8) is 0 Å². The van der Waals surface area contributed by atoms with E-state index in [4.69, 9.17) is 0 Å². The molecule has 0 aliphatic rings. The van der Waals surface area contributed by atoms with Crippen LogP contribution in [0.2, 0.25) is 0 Å². The van der Waals surface area contributed by atoms with Gasteiger partial charge in [-0.25, -0.2) is 8.42 Å². The molecule has 0 aromatic heterocycles. The average molecular weight is 388 g/mol. The number of halogens is 1. The van der Waals surface area contributed by atoms with Crippen LogP contribution in [0, 0.1) is 0 Å². The van der Waals surface area contributed by atoms with Crippen molar-refractivity contribution in [1.29, 1.82) is 0 Å². The van der Waals surface area contributed by atoms with E-state index >= 15 is 0 Å². The summed E-state index contributed by atoms with van der Waals surface area (Å²) >= 11 is 3.35. The molecule has 0 amide bonds. The van der Waals surface area contributed by atoms with Gasteiger partial charge >= 0.3 is 0 Å². The number of allylic oxidation sites excluding steroid dienone is 1. The fourth-order valence-corrected chi connectivity index (χ4v) is 4.02. The van der Waals surface area contributed by atoms with Crippen LogP contribution in [0.1, 0.15) is 51.5 Å². The lowest BCUT2D eigenvalue weighted by Gasteiger charge is -2.26. The second-order valence-corrected chi connectivity index (χ2v) is 7.94. The van der Waals surface area contributed by atoms with Crippen LogP contribution in [0.4, 0.5) is 0 Å². The molecule has 1 aromatic rings. The fourth-order valence-electron chi connectivity index (χ4n) is 2.25. The molecule has 0 spiro atoms. The molecular formula is C17H26BrNO2S. The molecular weight excluding hydrogens is 362 g/mol. The topological polar surface area (TPSA) is 37.4 Å². The lowest BCUT2D eigenvalue weighted by Crippen LogP contribution is -2.31. The smallest absolute Gasteiger partial charge is 0.234 e. The molecule has 124 valence electrons. The van der Waals surface area contributed by atoms with Gasteiger partial charge in [0.1, 0.15) is 0 Å². The molecule has 0 aliphatic carbocycles. The first-order valence-electron chi connectivity index (χ1n) is 7.88. The maximum atomic E-state index is 12.5. The Morgan fingerprint density at radius 1 is 1.14 bits per heavy atom. The lowest BCUT2D eigenvalue weighted by atomic mass is 10.1. The van der Waals surface area contributed by atoms with E-state index in [0.29, 0.717) is 6.54 Å². The van der Waals surface area contributed by atoms with Gasteiger partial charge in [-0.05, 0) is 25.3 Å². The van der Waals surface area contributed by atoms with Crippen molar-refractivity contribution in [2.24, 2.45) is 0 Å². The summed E-state index contributed by atoms with van der Waals surface area (Å²) < 4.78 is 26.5. The standard InChI is InChI=1S/C17H26BrNO2S/c1-3-5-6-10-13-17(14-18)19(22(20,21)4-2)15-16-11-8-7-9-12-16/h7-9,11-12,14H,3-6,10,13,15H2,1-2H3/b17-14+. The predicted molar refractivity (Wildman–Crippen MR) is 97.2 cm³/mol. The summed E-state index contributed by atoms with van der Waals surface area (Å²) in [6.07, 6.45) is 5.28. The molecule has 0 N–H and O–H groups in total. The molecule has 0 fully saturated rings. The number of rotatable bonds is 10. The number of sulfonamides is 1. The number of nitrogens with zero attached hydrogens (tertiary/aromatic N) is 1. The Balaban J connectivity index is 2.89. The number of benzene rings is 1. The highest BCUT2D eigenvalue weighted by atomic mass is 79.9. The van der Waals surface area contributed by atoms with Gasteiger partial charge in [0, 0.05) is 10.7 Å². The lowest BCUT2D eigenvalue weighted by molar-refractivity contribution is 0.454. The van der Waals surface area contributed by atoms with E-state index in [1.807, 2.05) is 30.3 Å². The largest absolute Gasteiger partial charge is 0.269 e. The Bertz CT molecular complexity index is 555. The fraction of sp³-hybridized carbons (Fsp3) is 0.529. The first-order valence-corrected chi connectivity index (χ1v) is 10.4. The van der Waals surface area contributed by atoms with Crippen LogP contribution >= 0.6 is 15.9 Å². The summed E-state index contributed by atoms with van der Waals surface area (Å²) in [5.74, 6) is 0.110. The van der Waals surface area contributed by atoms with Crippen molar-refractivity contribution in [3.05, 3.63) is 46.6 Å². The second-order valence-electron chi connectivity index (χ2n) is 5.30. The summed E-state index contributed by atoms with van der Waals surface area (Å²) in [6.45, 7) is 4.25. The van der Waals surface area contributed by atoms with Crippen molar-refractivity contribution < 1.29 is 8.42 Å². The third-order valence-corrected chi connectivity index (χ3v) is 5.90. The Kier molecular flexibility index (Phi) is 8.79. The van der Waals surface area contributed by atoms with Crippen molar-refractivity contribution >= 4 is 26.0 Å². The molecule has 1 aromatic carbocycles.